The van der Waals surface area contributed by atoms with Gasteiger partial charge < -0.3 is 5.11 Å². The van der Waals surface area contributed by atoms with Crippen molar-refractivity contribution in [3.05, 3.63) is 47.3 Å². The molecule has 0 aliphatic rings. The van der Waals surface area contributed by atoms with Crippen molar-refractivity contribution >= 4 is 5.97 Å². The van der Waals surface area contributed by atoms with E-state index in [1.54, 1.807) is 28.9 Å². The molecule has 1 N–H and O–H groups in total. The number of aromatic carboxylic acids is 1. The molecule has 1 aromatic heterocycles. The SMILES string of the molecule is CC(C)(C)c1c(C(=O)O)cnn1-c1cccc(C#N)c1. The minimum absolute atomic E-state index is 0.180. The Morgan fingerprint density at radius 2 is 2.10 bits per heavy atom. The van der Waals surface area contributed by atoms with E-state index >= 15 is 0 Å². The Kier molecular flexibility index (Phi) is 3.33. The molecule has 20 heavy (non-hydrogen) atoms. The molecule has 0 atom stereocenters. The fraction of sp³-hybridized carbons (Fsp3) is 0.267. The van der Waals surface area contributed by atoms with Crippen molar-refractivity contribution in [1.29, 1.82) is 5.26 Å². The summed E-state index contributed by atoms with van der Waals surface area (Å²) in [5.74, 6) is -1.00. The summed E-state index contributed by atoms with van der Waals surface area (Å²) in [7, 11) is 0. The van der Waals surface area contributed by atoms with Crippen LogP contribution in [0.1, 0.15) is 42.4 Å². The molecular formula is C15H15N3O2. The number of hydrogen-bond acceptors (Lipinski definition) is 3. The standard InChI is InChI=1S/C15H15N3O2/c1-15(2,3)13-12(14(19)20)9-17-18(13)11-6-4-5-10(7-11)8-16/h4-7,9H,1-3H3,(H,19,20). The van der Waals surface area contributed by atoms with Gasteiger partial charge in [-0.25, -0.2) is 9.48 Å². The topological polar surface area (TPSA) is 78.9 Å². The maximum absolute atomic E-state index is 11.3. The number of benzene rings is 1. The quantitative estimate of drug-likeness (QED) is 0.909. The molecule has 0 unspecified atom stereocenters. The molecule has 1 aromatic carbocycles. The molecule has 5 heteroatoms. The fourth-order valence-electron chi connectivity index (χ4n) is 2.13. The lowest BCUT2D eigenvalue weighted by Crippen LogP contribution is -2.21. The first-order valence-corrected chi connectivity index (χ1v) is 6.17. The van der Waals surface area contributed by atoms with Crippen LogP contribution in [0.15, 0.2) is 30.5 Å². The van der Waals surface area contributed by atoms with Crippen molar-refractivity contribution in [1.82, 2.24) is 9.78 Å². The van der Waals surface area contributed by atoms with Gasteiger partial charge in [0.1, 0.15) is 5.56 Å². The second-order valence-electron chi connectivity index (χ2n) is 5.54. The van der Waals surface area contributed by atoms with Crippen molar-refractivity contribution in [3.8, 4) is 11.8 Å². The molecule has 0 saturated carbocycles. The van der Waals surface area contributed by atoms with E-state index in [1.807, 2.05) is 20.8 Å². The van der Waals surface area contributed by atoms with Crippen LogP contribution < -0.4 is 0 Å². The number of carbonyl (C=O) groups is 1. The molecule has 0 saturated heterocycles. The lowest BCUT2D eigenvalue weighted by molar-refractivity contribution is 0.0694. The van der Waals surface area contributed by atoms with Crippen molar-refractivity contribution in [2.24, 2.45) is 0 Å². The predicted molar refractivity (Wildman–Crippen MR) is 73.9 cm³/mol. The van der Waals surface area contributed by atoms with Crippen LogP contribution in [0, 0.1) is 11.3 Å². The minimum atomic E-state index is -1.00. The van der Waals surface area contributed by atoms with Gasteiger partial charge in [-0.2, -0.15) is 10.4 Å². The third-order valence-electron chi connectivity index (χ3n) is 2.93. The van der Waals surface area contributed by atoms with E-state index in [-0.39, 0.29) is 11.0 Å². The highest BCUT2D eigenvalue weighted by Crippen LogP contribution is 2.28. The van der Waals surface area contributed by atoms with Gasteiger partial charge in [-0.1, -0.05) is 26.8 Å². The number of aromatic nitrogens is 2. The van der Waals surface area contributed by atoms with Crippen LogP contribution in [0.25, 0.3) is 5.69 Å². The molecule has 5 nitrogen and oxygen atoms in total. The van der Waals surface area contributed by atoms with Crippen molar-refractivity contribution < 1.29 is 9.90 Å². The second-order valence-corrected chi connectivity index (χ2v) is 5.54. The number of rotatable bonds is 2. The first kappa shape index (κ1) is 13.8. The number of carboxylic acid groups (broad SMARTS) is 1. The van der Waals surface area contributed by atoms with Crippen molar-refractivity contribution in [2.75, 3.05) is 0 Å². The van der Waals surface area contributed by atoms with Crippen molar-refractivity contribution in [2.45, 2.75) is 26.2 Å². The van der Waals surface area contributed by atoms with Crippen molar-refractivity contribution in [3.63, 3.8) is 0 Å². The molecule has 102 valence electrons. The van der Waals surface area contributed by atoms with E-state index in [0.717, 1.165) is 0 Å². The summed E-state index contributed by atoms with van der Waals surface area (Å²) in [6.45, 7) is 5.79. The molecule has 0 amide bonds. The summed E-state index contributed by atoms with van der Waals surface area (Å²) < 4.78 is 1.59. The highest BCUT2D eigenvalue weighted by molar-refractivity contribution is 5.89. The number of nitrogens with zero attached hydrogens (tertiary/aromatic N) is 3. The van der Waals surface area contributed by atoms with Crippen LogP contribution in [-0.4, -0.2) is 20.9 Å². The average molecular weight is 269 g/mol. The Hall–Kier alpha value is -2.61. The van der Waals surface area contributed by atoms with Gasteiger partial charge in [0.25, 0.3) is 0 Å². The molecule has 0 spiro atoms. The number of carboxylic acids is 1. The monoisotopic (exact) mass is 269 g/mol. The largest absolute Gasteiger partial charge is 0.478 e. The van der Waals surface area contributed by atoms with E-state index in [0.29, 0.717) is 16.9 Å². The van der Waals surface area contributed by atoms with Crippen LogP contribution in [0.3, 0.4) is 0 Å². The second kappa shape index (κ2) is 4.82. The molecule has 0 aliphatic heterocycles. The Balaban J connectivity index is 2.69. The Morgan fingerprint density at radius 3 is 2.65 bits per heavy atom. The number of nitriles is 1. The Bertz CT molecular complexity index is 703. The van der Waals surface area contributed by atoms with Gasteiger partial charge in [0, 0.05) is 5.41 Å². The van der Waals surface area contributed by atoms with Crippen LogP contribution in [-0.2, 0) is 5.41 Å². The van der Waals surface area contributed by atoms with Gasteiger partial charge >= 0.3 is 5.97 Å². The fourth-order valence-corrected chi connectivity index (χ4v) is 2.13. The zero-order chi connectivity index (χ0) is 14.9. The average Bonchev–Trinajstić information content (AvgIpc) is 2.83. The lowest BCUT2D eigenvalue weighted by atomic mass is 9.89. The first-order chi connectivity index (χ1) is 9.34. The normalized spacial score (nSPS) is 11.1. The number of hydrogen-bond donors (Lipinski definition) is 1. The van der Waals surface area contributed by atoms with Gasteiger partial charge in [-0.15, -0.1) is 0 Å². The third-order valence-corrected chi connectivity index (χ3v) is 2.93. The molecule has 0 fully saturated rings. The van der Waals surface area contributed by atoms with E-state index in [2.05, 4.69) is 11.2 Å². The summed E-state index contributed by atoms with van der Waals surface area (Å²) in [6, 6.07) is 9.00. The van der Waals surface area contributed by atoms with E-state index in [9.17, 15) is 9.90 Å². The van der Waals surface area contributed by atoms with Crippen LogP contribution >= 0.6 is 0 Å². The minimum Gasteiger partial charge on any atom is -0.478 e. The van der Waals surface area contributed by atoms with Gasteiger partial charge in [0.05, 0.1) is 29.2 Å². The molecule has 0 radical (unpaired) electrons. The maximum Gasteiger partial charge on any atom is 0.339 e. The van der Waals surface area contributed by atoms with Crippen LogP contribution in [0.5, 0.6) is 0 Å². The Morgan fingerprint density at radius 1 is 1.40 bits per heavy atom. The molecule has 2 rings (SSSR count). The lowest BCUT2D eigenvalue weighted by Gasteiger charge is -2.21. The zero-order valence-electron chi connectivity index (χ0n) is 11.6. The van der Waals surface area contributed by atoms with E-state index in [4.69, 9.17) is 5.26 Å². The van der Waals surface area contributed by atoms with E-state index in [1.165, 1.54) is 6.20 Å². The van der Waals surface area contributed by atoms with Gasteiger partial charge in [0.2, 0.25) is 0 Å². The molecule has 0 aliphatic carbocycles. The summed E-state index contributed by atoms with van der Waals surface area (Å²) >= 11 is 0. The van der Waals surface area contributed by atoms with Gasteiger partial charge in [0.15, 0.2) is 0 Å². The summed E-state index contributed by atoms with van der Waals surface area (Å²) in [5, 5.41) is 22.4. The molecular weight excluding hydrogens is 254 g/mol. The maximum atomic E-state index is 11.3. The summed E-state index contributed by atoms with van der Waals surface area (Å²) in [4.78, 5) is 11.3. The smallest absolute Gasteiger partial charge is 0.339 e. The van der Waals surface area contributed by atoms with E-state index < -0.39 is 5.97 Å². The molecule has 1 heterocycles. The highest BCUT2D eigenvalue weighted by Gasteiger charge is 2.27. The van der Waals surface area contributed by atoms with Gasteiger partial charge in [-0.05, 0) is 18.2 Å². The zero-order valence-corrected chi connectivity index (χ0v) is 11.6. The highest BCUT2D eigenvalue weighted by atomic mass is 16.4. The third kappa shape index (κ3) is 2.41. The summed E-state index contributed by atoms with van der Waals surface area (Å²) in [5.41, 5.74) is 1.60. The molecule has 2 aromatic rings. The van der Waals surface area contributed by atoms with Crippen LogP contribution in [0.4, 0.5) is 0 Å². The predicted octanol–water partition coefficient (Wildman–Crippen LogP) is 2.74. The summed E-state index contributed by atoms with van der Waals surface area (Å²) in [6.07, 6.45) is 1.35. The van der Waals surface area contributed by atoms with Crippen LogP contribution in [0.2, 0.25) is 0 Å². The molecule has 0 bridgehead atoms. The Labute approximate surface area is 117 Å². The van der Waals surface area contributed by atoms with Gasteiger partial charge in [-0.3, -0.25) is 0 Å². The first-order valence-electron chi connectivity index (χ1n) is 6.17.